The molecular formula is C20H24N4. The Morgan fingerprint density at radius 3 is 2.38 bits per heavy atom. The van der Waals surface area contributed by atoms with Crippen LogP contribution in [0.1, 0.15) is 13.8 Å². The standard InChI is InChI=1S/C20H24N4/c1-13-11-16-17(12-14(13)2)22-20-19(21-16)15-7-5-6-8-18(15)24(20)10-9-23(3)4/h5-8,11-12,16-17H,9-10H2,1-4H3. The van der Waals surface area contributed by atoms with Gasteiger partial charge in [0, 0.05) is 18.5 Å². The van der Waals surface area contributed by atoms with Crippen molar-refractivity contribution in [3.05, 3.63) is 58.4 Å². The second-order valence-corrected chi connectivity index (χ2v) is 7.08. The average molecular weight is 320 g/mol. The number of para-hydroxylation sites is 1. The lowest BCUT2D eigenvalue weighted by atomic mass is 9.93. The lowest BCUT2D eigenvalue weighted by Gasteiger charge is -2.23. The third-order valence-corrected chi connectivity index (χ3v) is 5.05. The number of nitrogens with zero attached hydrogens (tertiary/aromatic N) is 4. The third-order valence-electron chi connectivity index (χ3n) is 5.05. The molecule has 0 amide bonds. The number of benzene rings is 1. The van der Waals surface area contributed by atoms with Crippen LogP contribution in [-0.4, -0.2) is 42.2 Å². The van der Waals surface area contributed by atoms with E-state index in [2.05, 4.69) is 73.8 Å². The molecule has 2 heterocycles. The Kier molecular flexibility index (Phi) is 3.65. The van der Waals surface area contributed by atoms with Gasteiger partial charge in [0.25, 0.3) is 0 Å². The quantitative estimate of drug-likeness (QED) is 0.852. The first-order valence-electron chi connectivity index (χ1n) is 8.59. The van der Waals surface area contributed by atoms with Crippen LogP contribution in [0.4, 0.5) is 0 Å². The summed E-state index contributed by atoms with van der Waals surface area (Å²) < 4.78 is 2.33. The van der Waals surface area contributed by atoms with Crippen LogP contribution in [0, 0.1) is 0 Å². The number of hydrogen-bond acceptors (Lipinski definition) is 3. The Balaban J connectivity index is 1.96. The summed E-state index contributed by atoms with van der Waals surface area (Å²) in [5, 5.41) is 2.27. The minimum atomic E-state index is 0.128. The molecule has 2 aliphatic rings. The maximum atomic E-state index is 5.10. The van der Waals surface area contributed by atoms with E-state index < -0.39 is 0 Å². The van der Waals surface area contributed by atoms with E-state index in [0.717, 1.165) is 23.9 Å². The first kappa shape index (κ1) is 15.3. The molecule has 0 bridgehead atoms. The van der Waals surface area contributed by atoms with E-state index in [-0.39, 0.29) is 12.1 Å². The third kappa shape index (κ3) is 2.42. The molecule has 4 nitrogen and oxygen atoms in total. The van der Waals surface area contributed by atoms with E-state index in [0.29, 0.717) is 0 Å². The molecule has 1 aromatic heterocycles. The van der Waals surface area contributed by atoms with Gasteiger partial charge in [0.2, 0.25) is 0 Å². The highest BCUT2D eigenvalue weighted by molar-refractivity contribution is 5.79. The topological polar surface area (TPSA) is 32.9 Å². The van der Waals surface area contributed by atoms with Crippen LogP contribution in [-0.2, 0) is 6.54 Å². The van der Waals surface area contributed by atoms with Gasteiger partial charge in [-0.3, -0.25) is 9.98 Å². The summed E-state index contributed by atoms with van der Waals surface area (Å²) in [6, 6.07) is 8.80. The van der Waals surface area contributed by atoms with Crippen molar-refractivity contribution >= 4 is 10.9 Å². The second-order valence-electron chi connectivity index (χ2n) is 7.08. The Morgan fingerprint density at radius 1 is 1.00 bits per heavy atom. The number of rotatable bonds is 3. The lowest BCUT2D eigenvalue weighted by Crippen LogP contribution is -2.41. The molecule has 0 spiro atoms. The summed E-state index contributed by atoms with van der Waals surface area (Å²) in [7, 11) is 4.22. The Bertz CT molecular complexity index is 975. The SMILES string of the molecule is CC1=CC2N=c3c(n(CCN(C)C)c4ccccc34)=NC2C=C1C. The molecule has 0 saturated carbocycles. The molecule has 0 saturated heterocycles. The number of hydrogen-bond donors (Lipinski definition) is 0. The molecule has 4 heteroatoms. The molecule has 24 heavy (non-hydrogen) atoms. The first-order chi connectivity index (χ1) is 11.5. The van der Waals surface area contributed by atoms with Crippen LogP contribution in [0.3, 0.4) is 0 Å². The highest BCUT2D eigenvalue weighted by Crippen LogP contribution is 2.23. The molecule has 0 radical (unpaired) electrons. The van der Waals surface area contributed by atoms with E-state index in [1.54, 1.807) is 0 Å². The van der Waals surface area contributed by atoms with Crippen molar-refractivity contribution in [2.75, 3.05) is 20.6 Å². The van der Waals surface area contributed by atoms with Crippen molar-refractivity contribution in [3.8, 4) is 0 Å². The molecule has 1 aliphatic carbocycles. The molecule has 0 fully saturated rings. The maximum absolute atomic E-state index is 5.10. The normalized spacial score (nSPS) is 22.4. The van der Waals surface area contributed by atoms with Gasteiger partial charge in [-0.2, -0.15) is 0 Å². The van der Waals surface area contributed by atoms with E-state index in [1.807, 2.05) is 0 Å². The van der Waals surface area contributed by atoms with E-state index in [4.69, 9.17) is 9.98 Å². The second kappa shape index (κ2) is 5.71. The van der Waals surface area contributed by atoms with Gasteiger partial charge in [-0.05, 0) is 34.0 Å². The van der Waals surface area contributed by atoms with Crippen LogP contribution in [0.15, 0.2) is 57.5 Å². The Morgan fingerprint density at radius 2 is 1.67 bits per heavy atom. The van der Waals surface area contributed by atoms with Crippen LogP contribution in [0.2, 0.25) is 0 Å². The molecule has 2 aromatic rings. The van der Waals surface area contributed by atoms with E-state index >= 15 is 0 Å². The highest BCUT2D eigenvalue weighted by Gasteiger charge is 2.25. The summed E-state index contributed by atoms with van der Waals surface area (Å²) in [6.45, 7) is 6.24. The molecular weight excluding hydrogens is 296 g/mol. The summed E-state index contributed by atoms with van der Waals surface area (Å²) in [6.07, 6.45) is 4.53. The minimum Gasteiger partial charge on any atom is -0.323 e. The monoisotopic (exact) mass is 320 g/mol. The van der Waals surface area contributed by atoms with E-state index in [1.165, 1.54) is 22.0 Å². The molecule has 1 aromatic carbocycles. The predicted octanol–water partition coefficient (Wildman–Crippen LogP) is 2.10. The van der Waals surface area contributed by atoms with E-state index in [9.17, 15) is 0 Å². The Labute approximate surface area is 142 Å². The zero-order valence-electron chi connectivity index (χ0n) is 14.8. The predicted molar refractivity (Wildman–Crippen MR) is 97.9 cm³/mol. The largest absolute Gasteiger partial charge is 0.323 e. The summed E-state index contributed by atoms with van der Waals surface area (Å²) in [4.78, 5) is 12.4. The van der Waals surface area contributed by atoms with Crippen molar-refractivity contribution < 1.29 is 0 Å². The van der Waals surface area contributed by atoms with Gasteiger partial charge in [0.05, 0.1) is 17.6 Å². The molecule has 1 aliphatic heterocycles. The van der Waals surface area contributed by atoms with Gasteiger partial charge in [-0.1, -0.05) is 41.5 Å². The Hall–Kier alpha value is -2.20. The van der Waals surface area contributed by atoms with Gasteiger partial charge < -0.3 is 9.47 Å². The van der Waals surface area contributed by atoms with Crippen molar-refractivity contribution in [2.24, 2.45) is 9.98 Å². The fraction of sp³-hybridized carbons (Fsp3) is 0.400. The maximum Gasteiger partial charge on any atom is 0.155 e. The molecule has 0 N–H and O–H groups in total. The first-order valence-corrected chi connectivity index (χ1v) is 8.59. The van der Waals surface area contributed by atoms with Crippen molar-refractivity contribution in [3.63, 3.8) is 0 Å². The molecule has 2 unspecified atom stereocenters. The average Bonchev–Trinajstić information content (AvgIpc) is 2.85. The highest BCUT2D eigenvalue weighted by atomic mass is 15.1. The summed E-state index contributed by atoms with van der Waals surface area (Å²) >= 11 is 0. The zero-order valence-corrected chi connectivity index (χ0v) is 14.8. The van der Waals surface area contributed by atoms with Crippen LogP contribution < -0.4 is 10.8 Å². The lowest BCUT2D eigenvalue weighted by molar-refractivity contribution is 0.382. The summed E-state index contributed by atoms with van der Waals surface area (Å²) in [5.41, 5.74) is 4.90. The van der Waals surface area contributed by atoms with Gasteiger partial charge >= 0.3 is 0 Å². The fourth-order valence-corrected chi connectivity index (χ4v) is 3.55. The summed E-state index contributed by atoms with van der Waals surface area (Å²) in [5.74, 6) is 0. The van der Waals surface area contributed by atoms with Crippen LogP contribution in [0.25, 0.3) is 10.9 Å². The van der Waals surface area contributed by atoms with Crippen LogP contribution in [0.5, 0.6) is 0 Å². The molecule has 2 atom stereocenters. The number of fused-ring (bicyclic) bond motifs is 4. The smallest absolute Gasteiger partial charge is 0.155 e. The van der Waals surface area contributed by atoms with Crippen LogP contribution >= 0.6 is 0 Å². The minimum absolute atomic E-state index is 0.128. The van der Waals surface area contributed by atoms with Crippen molar-refractivity contribution in [1.29, 1.82) is 0 Å². The van der Waals surface area contributed by atoms with Gasteiger partial charge in [0.1, 0.15) is 5.36 Å². The van der Waals surface area contributed by atoms with Gasteiger partial charge in [-0.15, -0.1) is 0 Å². The molecule has 124 valence electrons. The van der Waals surface area contributed by atoms with Gasteiger partial charge in [0.15, 0.2) is 5.49 Å². The van der Waals surface area contributed by atoms with Gasteiger partial charge in [-0.25, -0.2) is 0 Å². The number of aromatic nitrogens is 1. The fourth-order valence-electron chi connectivity index (χ4n) is 3.55. The number of allylic oxidation sites excluding steroid dienone is 2. The number of likely N-dealkylation sites (N-methyl/N-ethyl adjacent to an activating group) is 1. The van der Waals surface area contributed by atoms with Crippen molar-refractivity contribution in [1.82, 2.24) is 9.47 Å². The van der Waals surface area contributed by atoms with Crippen molar-refractivity contribution in [2.45, 2.75) is 32.5 Å². The zero-order chi connectivity index (χ0) is 16.8. The molecule has 4 rings (SSSR count).